The Morgan fingerprint density at radius 1 is 1.12 bits per heavy atom. The van der Waals surface area contributed by atoms with Crippen LogP contribution in [-0.4, -0.2) is 68.9 Å². The third-order valence-corrected chi connectivity index (χ3v) is 4.50. The summed E-state index contributed by atoms with van der Waals surface area (Å²) in [6.45, 7) is 0.525. The van der Waals surface area contributed by atoms with Gasteiger partial charge < -0.3 is 24.6 Å². The normalized spacial score (nSPS) is 26.0. The molecule has 11 heteroatoms. The van der Waals surface area contributed by atoms with E-state index in [2.05, 4.69) is 15.0 Å². The zero-order valence-electron chi connectivity index (χ0n) is 13.7. The second-order valence-corrected chi connectivity index (χ2v) is 6.10. The Kier molecular flexibility index (Phi) is 4.28. The molecule has 1 aliphatic rings. The van der Waals surface area contributed by atoms with Gasteiger partial charge in [-0.05, 0) is 0 Å². The van der Waals surface area contributed by atoms with Crippen LogP contribution in [0.4, 0.5) is 0 Å². The van der Waals surface area contributed by atoms with Crippen molar-refractivity contribution < 1.29 is 20.1 Å². The van der Waals surface area contributed by atoms with Gasteiger partial charge in [-0.1, -0.05) is 0 Å². The number of aliphatic hydroxyl groups is 3. The summed E-state index contributed by atoms with van der Waals surface area (Å²) in [7, 11) is 0. The number of aryl methyl sites for hydroxylation is 2. The first-order chi connectivity index (χ1) is 12.6. The number of imidazole rings is 2. The highest BCUT2D eigenvalue weighted by molar-refractivity contribution is 5.69. The summed E-state index contributed by atoms with van der Waals surface area (Å²) in [5.74, 6) is 0. The molecule has 3 aromatic heterocycles. The van der Waals surface area contributed by atoms with Crippen LogP contribution < -0.4 is 5.56 Å². The summed E-state index contributed by atoms with van der Waals surface area (Å²) < 4.78 is 10.1. The van der Waals surface area contributed by atoms with Crippen molar-refractivity contribution >= 4 is 11.2 Å². The summed E-state index contributed by atoms with van der Waals surface area (Å²) in [6, 6.07) is 0. The van der Waals surface area contributed by atoms with E-state index < -0.39 is 31.1 Å². The lowest BCUT2D eigenvalue weighted by molar-refractivity contribution is -0.0511. The largest absolute Gasteiger partial charge is 0.394 e. The highest BCUT2D eigenvalue weighted by atomic mass is 16.6. The number of hydrogen-bond donors (Lipinski definition) is 3. The van der Waals surface area contributed by atoms with Crippen molar-refractivity contribution in [3.8, 4) is 0 Å². The smallest absolute Gasteiger partial charge is 0.281 e. The van der Waals surface area contributed by atoms with Crippen LogP contribution >= 0.6 is 0 Å². The third kappa shape index (κ3) is 2.70. The maximum atomic E-state index is 12.6. The van der Waals surface area contributed by atoms with Crippen LogP contribution in [0.15, 0.2) is 36.2 Å². The summed E-state index contributed by atoms with van der Waals surface area (Å²) in [5.41, 5.74) is 0.0557. The van der Waals surface area contributed by atoms with Gasteiger partial charge in [-0.2, -0.15) is 0 Å². The van der Waals surface area contributed by atoms with Crippen molar-refractivity contribution in [1.29, 1.82) is 0 Å². The topological polar surface area (TPSA) is 140 Å². The average Bonchev–Trinajstić information content (AvgIpc) is 3.36. The Morgan fingerprint density at radius 2 is 1.96 bits per heavy atom. The SMILES string of the molecule is O=c1c2ncn([C@@H]3O[C@H](CO)[C@@H](O)[C@H]3O)c2ncn1CCn1ccnc1. The van der Waals surface area contributed by atoms with E-state index in [0.29, 0.717) is 13.1 Å². The molecule has 0 radical (unpaired) electrons. The highest BCUT2D eigenvalue weighted by Gasteiger charge is 2.44. The fourth-order valence-corrected chi connectivity index (χ4v) is 3.04. The summed E-state index contributed by atoms with van der Waals surface area (Å²) in [6.07, 6.45) is 3.45. The Bertz CT molecular complexity index is 951. The van der Waals surface area contributed by atoms with Crippen molar-refractivity contribution in [2.45, 2.75) is 37.6 Å². The minimum absolute atomic E-state index is 0.135. The maximum Gasteiger partial charge on any atom is 0.281 e. The van der Waals surface area contributed by atoms with Crippen LogP contribution in [0.25, 0.3) is 11.2 Å². The number of hydrogen-bond acceptors (Lipinski definition) is 8. The van der Waals surface area contributed by atoms with Crippen LogP contribution in [0.5, 0.6) is 0 Å². The van der Waals surface area contributed by atoms with Gasteiger partial charge in [0.05, 0.1) is 19.3 Å². The van der Waals surface area contributed by atoms with Crippen LogP contribution in [0.1, 0.15) is 6.23 Å². The first-order valence-electron chi connectivity index (χ1n) is 8.10. The van der Waals surface area contributed by atoms with Crippen molar-refractivity contribution in [3.63, 3.8) is 0 Å². The highest BCUT2D eigenvalue weighted by Crippen LogP contribution is 2.30. The van der Waals surface area contributed by atoms with Crippen molar-refractivity contribution in [1.82, 2.24) is 28.7 Å². The van der Waals surface area contributed by atoms with Gasteiger partial charge in [0.2, 0.25) is 0 Å². The molecular weight excluding hydrogens is 344 g/mol. The van der Waals surface area contributed by atoms with Gasteiger partial charge >= 0.3 is 0 Å². The monoisotopic (exact) mass is 362 g/mol. The molecule has 0 amide bonds. The second-order valence-electron chi connectivity index (χ2n) is 6.10. The Morgan fingerprint density at radius 3 is 2.65 bits per heavy atom. The Labute approximate surface area is 146 Å². The molecule has 3 aromatic rings. The zero-order valence-corrected chi connectivity index (χ0v) is 13.7. The zero-order chi connectivity index (χ0) is 18.3. The second kappa shape index (κ2) is 6.61. The summed E-state index contributed by atoms with van der Waals surface area (Å²) >= 11 is 0. The molecule has 11 nitrogen and oxygen atoms in total. The lowest BCUT2D eigenvalue weighted by Gasteiger charge is -2.16. The minimum Gasteiger partial charge on any atom is -0.394 e. The fourth-order valence-electron chi connectivity index (χ4n) is 3.04. The number of ether oxygens (including phenoxy) is 1. The van der Waals surface area contributed by atoms with Gasteiger partial charge in [-0.15, -0.1) is 0 Å². The maximum absolute atomic E-state index is 12.6. The summed E-state index contributed by atoms with van der Waals surface area (Å²) in [5, 5.41) is 29.2. The van der Waals surface area contributed by atoms with Crippen molar-refractivity contribution in [2.75, 3.05) is 6.61 Å². The van der Waals surface area contributed by atoms with E-state index in [1.165, 1.54) is 21.8 Å². The molecule has 3 N–H and O–H groups in total. The summed E-state index contributed by atoms with van der Waals surface area (Å²) in [4.78, 5) is 24.9. The molecule has 0 saturated carbocycles. The molecule has 4 atom stereocenters. The number of aromatic nitrogens is 6. The lowest BCUT2D eigenvalue weighted by Crippen LogP contribution is -2.33. The molecule has 0 aromatic carbocycles. The van der Waals surface area contributed by atoms with E-state index in [9.17, 15) is 20.1 Å². The molecule has 26 heavy (non-hydrogen) atoms. The first kappa shape index (κ1) is 16.8. The molecule has 0 aliphatic carbocycles. The first-order valence-corrected chi connectivity index (χ1v) is 8.10. The van der Waals surface area contributed by atoms with Crippen molar-refractivity contribution in [2.24, 2.45) is 0 Å². The number of fused-ring (bicyclic) bond motifs is 1. The lowest BCUT2D eigenvalue weighted by atomic mass is 10.1. The predicted molar refractivity (Wildman–Crippen MR) is 87.0 cm³/mol. The standard InChI is InChI=1S/C15H18N6O5/c22-5-9-11(23)12(24)15(26-9)21-8-17-10-13(21)18-7-20(14(10)25)4-3-19-2-1-16-6-19/h1-2,6-9,11-12,15,22-24H,3-5H2/t9-,11-,12-,15-/m1/s1. The number of nitrogens with zero attached hydrogens (tertiary/aromatic N) is 6. The van der Waals surface area contributed by atoms with E-state index in [0.717, 1.165) is 0 Å². The van der Waals surface area contributed by atoms with E-state index in [1.54, 1.807) is 18.7 Å². The molecule has 4 heterocycles. The van der Waals surface area contributed by atoms with E-state index in [-0.39, 0.29) is 16.7 Å². The molecule has 1 aliphatic heterocycles. The Hall–Kier alpha value is -2.60. The third-order valence-electron chi connectivity index (χ3n) is 4.50. The van der Waals surface area contributed by atoms with Gasteiger partial charge in [0.15, 0.2) is 17.4 Å². The Balaban J connectivity index is 1.63. The predicted octanol–water partition coefficient (Wildman–Crippen LogP) is -1.90. The molecule has 1 fully saturated rings. The van der Waals surface area contributed by atoms with Crippen molar-refractivity contribution in [3.05, 3.63) is 41.7 Å². The average molecular weight is 362 g/mol. The molecule has 4 rings (SSSR count). The molecule has 138 valence electrons. The molecule has 0 bridgehead atoms. The van der Waals surface area contributed by atoms with Gasteiger partial charge in [-0.25, -0.2) is 15.0 Å². The molecule has 1 saturated heterocycles. The van der Waals surface area contributed by atoms with Crippen LogP contribution in [0.2, 0.25) is 0 Å². The van der Waals surface area contributed by atoms with Crippen LogP contribution in [-0.2, 0) is 17.8 Å². The number of aliphatic hydroxyl groups excluding tert-OH is 3. The van der Waals surface area contributed by atoms with Gasteiger partial charge in [0, 0.05) is 25.5 Å². The van der Waals surface area contributed by atoms with Gasteiger partial charge in [-0.3, -0.25) is 13.9 Å². The van der Waals surface area contributed by atoms with Crippen LogP contribution in [0, 0.1) is 0 Å². The number of rotatable bonds is 5. The van der Waals surface area contributed by atoms with Gasteiger partial charge in [0.25, 0.3) is 5.56 Å². The van der Waals surface area contributed by atoms with Gasteiger partial charge in [0.1, 0.15) is 24.6 Å². The minimum atomic E-state index is -1.27. The molecular formula is C15H18N6O5. The molecule has 0 spiro atoms. The van der Waals surface area contributed by atoms with E-state index >= 15 is 0 Å². The quantitative estimate of drug-likeness (QED) is 0.478. The van der Waals surface area contributed by atoms with E-state index in [1.807, 2.05) is 4.57 Å². The fraction of sp³-hybridized carbons (Fsp3) is 0.467. The van der Waals surface area contributed by atoms with Crippen LogP contribution in [0.3, 0.4) is 0 Å². The van der Waals surface area contributed by atoms with E-state index in [4.69, 9.17) is 4.74 Å². The molecule has 0 unspecified atom stereocenters.